The summed E-state index contributed by atoms with van der Waals surface area (Å²) in [4.78, 5) is 2.08. The number of likely N-dealkylation sites (N-methyl/N-ethyl adjacent to an activating group) is 1. The number of nitrogens with zero attached hydrogens (tertiary/aromatic N) is 1. The van der Waals surface area contributed by atoms with Gasteiger partial charge in [0.2, 0.25) is 0 Å². The molecule has 2 atom stereocenters. The van der Waals surface area contributed by atoms with E-state index in [4.69, 9.17) is 4.74 Å². The molecule has 0 aliphatic heterocycles. The van der Waals surface area contributed by atoms with Gasteiger partial charge >= 0.3 is 0 Å². The number of aliphatic hydroxyl groups excluding tert-OH is 1. The van der Waals surface area contributed by atoms with Crippen molar-refractivity contribution in [2.24, 2.45) is 0 Å². The lowest BCUT2D eigenvalue weighted by Crippen LogP contribution is -2.44. The van der Waals surface area contributed by atoms with Crippen molar-refractivity contribution < 1.29 is 9.84 Å². The van der Waals surface area contributed by atoms with Gasteiger partial charge in [0.1, 0.15) is 6.23 Å². The second-order valence-corrected chi connectivity index (χ2v) is 2.97. The summed E-state index contributed by atoms with van der Waals surface area (Å²) in [7, 11) is 0. The zero-order valence-corrected chi connectivity index (χ0v) is 8.86. The number of ether oxygens (including phenoxy) is 1. The fraction of sp³-hybridized carbons (Fsp3) is 0.800. The van der Waals surface area contributed by atoms with Crippen molar-refractivity contribution in [1.82, 2.24) is 4.90 Å². The largest absolute Gasteiger partial charge is 0.389 e. The van der Waals surface area contributed by atoms with E-state index >= 15 is 0 Å². The third-order valence-corrected chi connectivity index (χ3v) is 1.97. The fourth-order valence-corrected chi connectivity index (χ4v) is 1.30. The van der Waals surface area contributed by atoms with Crippen molar-refractivity contribution in [3.8, 4) is 0 Å². The third-order valence-electron chi connectivity index (χ3n) is 1.97. The first-order valence-corrected chi connectivity index (χ1v) is 4.81. The minimum atomic E-state index is -0.472. The summed E-state index contributed by atoms with van der Waals surface area (Å²) in [5.74, 6) is 0. The Morgan fingerprint density at radius 1 is 1.46 bits per heavy atom. The van der Waals surface area contributed by atoms with Crippen LogP contribution in [-0.4, -0.2) is 42.0 Å². The van der Waals surface area contributed by atoms with Gasteiger partial charge in [-0.1, -0.05) is 19.9 Å². The Hall–Kier alpha value is -0.380. The van der Waals surface area contributed by atoms with Crippen LogP contribution in [0.5, 0.6) is 0 Å². The van der Waals surface area contributed by atoms with Crippen molar-refractivity contribution in [2.75, 3.05) is 19.7 Å². The van der Waals surface area contributed by atoms with E-state index in [1.165, 1.54) is 0 Å². The second kappa shape index (κ2) is 7.06. The lowest BCUT2D eigenvalue weighted by Gasteiger charge is -2.31. The molecule has 0 amide bonds. The smallest absolute Gasteiger partial charge is 0.136 e. The predicted octanol–water partition coefficient (Wildman–Crippen LogP) is 1.24. The van der Waals surface area contributed by atoms with Crippen molar-refractivity contribution >= 4 is 0 Å². The van der Waals surface area contributed by atoms with Gasteiger partial charge in [0.15, 0.2) is 0 Å². The molecule has 13 heavy (non-hydrogen) atoms. The van der Waals surface area contributed by atoms with Crippen LogP contribution in [0, 0.1) is 0 Å². The van der Waals surface area contributed by atoms with Crippen LogP contribution in [0.2, 0.25) is 0 Å². The van der Waals surface area contributed by atoms with E-state index in [2.05, 4.69) is 25.3 Å². The van der Waals surface area contributed by atoms with Gasteiger partial charge in [-0.05, 0) is 20.0 Å². The summed E-state index contributed by atoms with van der Waals surface area (Å²) in [6.45, 7) is 11.7. The molecule has 0 bridgehead atoms. The normalized spacial score (nSPS) is 15.8. The molecule has 78 valence electrons. The standard InChI is InChI=1S/C10H21NO2/c1-5-8-13-10(9(4)12)11(6-2)7-3/h5,9-10,12H,1,6-8H2,2-4H3. The summed E-state index contributed by atoms with van der Waals surface area (Å²) in [6.07, 6.45) is 1.01. The number of hydrogen-bond donors (Lipinski definition) is 1. The summed E-state index contributed by atoms with van der Waals surface area (Å²) < 4.78 is 5.45. The fourth-order valence-electron chi connectivity index (χ4n) is 1.30. The van der Waals surface area contributed by atoms with Gasteiger partial charge in [-0.3, -0.25) is 4.90 Å². The van der Waals surface area contributed by atoms with Crippen molar-refractivity contribution in [1.29, 1.82) is 0 Å². The molecule has 2 unspecified atom stereocenters. The molecule has 0 saturated carbocycles. The Balaban J connectivity index is 4.11. The molecule has 0 aliphatic rings. The maximum Gasteiger partial charge on any atom is 0.136 e. The zero-order chi connectivity index (χ0) is 10.3. The van der Waals surface area contributed by atoms with Crippen LogP contribution in [-0.2, 0) is 4.74 Å². The average molecular weight is 187 g/mol. The van der Waals surface area contributed by atoms with Gasteiger partial charge in [-0.2, -0.15) is 0 Å². The van der Waals surface area contributed by atoms with Crippen molar-refractivity contribution in [2.45, 2.75) is 33.1 Å². The van der Waals surface area contributed by atoms with E-state index in [9.17, 15) is 5.11 Å². The first-order chi connectivity index (χ1) is 6.17. The molecule has 0 aromatic heterocycles. The molecule has 0 aliphatic carbocycles. The van der Waals surface area contributed by atoms with E-state index in [1.807, 2.05) is 0 Å². The van der Waals surface area contributed by atoms with Gasteiger partial charge in [0, 0.05) is 0 Å². The van der Waals surface area contributed by atoms with Gasteiger partial charge < -0.3 is 9.84 Å². The Labute approximate surface area is 81.0 Å². The van der Waals surface area contributed by atoms with E-state index in [-0.39, 0.29) is 6.23 Å². The summed E-state index contributed by atoms with van der Waals surface area (Å²) >= 11 is 0. The molecule has 3 nitrogen and oxygen atoms in total. The van der Waals surface area contributed by atoms with Crippen LogP contribution in [0.4, 0.5) is 0 Å². The van der Waals surface area contributed by atoms with E-state index in [0.29, 0.717) is 6.61 Å². The highest BCUT2D eigenvalue weighted by Crippen LogP contribution is 2.06. The molecule has 0 aromatic rings. The SMILES string of the molecule is C=CCOC(C(C)O)N(CC)CC. The molecule has 0 aromatic carbocycles. The predicted molar refractivity (Wildman–Crippen MR) is 54.5 cm³/mol. The topological polar surface area (TPSA) is 32.7 Å². The maximum atomic E-state index is 9.47. The monoisotopic (exact) mass is 187 g/mol. The van der Waals surface area contributed by atoms with Gasteiger partial charge in [0.05, 0.1) is 12.7 Å². The first kappa shape index (κ1) is 12.6. The molecule has 1 N–H and O–H groups in total. The number of aliphatic hydroxyl groups is 1. The average Bonchev–Trinajstić information content (AvgIpc) is 2.11. The first-order valence-electron chi connectivity index (χ1n) is 4.81. The van der Waals surface area contributed by atoms with Crippen LogP contribution in [0.25, 0.3) is 0 Å². The Morgan fingerprint density at radius 3 is 2.31 bits per heavy atom. The Kier molecular flexibility index (Phi) is 6.86. The molecule has 0 saturated heterocycles. The molecular formula is C10H21NO2. The molecule has 0 radical (unpaired) electrons. The van der Waals surface area contributed by atoms with Crippen LogP contribution >= 0.6 is 0 Å². The van der Waals surface area contributed by atoms with E-state index in [0.717, 1.165) is 13.1 Å². The summed E-state index contributed by atoms with van der Waals surface area (Å²) in [6, 6.07) is 0. The Morgan fingerprint density at radius 2 is 2.00 bits per heavy atom. The zero-order valence-electron chi connectivity index (χ0n) is 8.86. The highest BCUT2D eigenvalue weighted by Gasteiger charge is 2.20. The lowest BCUT2D eigenvalue weighted by atomic mass is 10.3. The maximum absolute atomic E-state index is 9.47. The molecule has 0 heterocycles. The minimum absolute atomic E-state index is 0.215. The van der Waals surface area contributed by atoms with Gasteiger partial charge in [-0.15, -0.1) is 6.58 Å². The highest BCUT2D eigenvalue weighted by atomic mass is 16.5. The van der Waals surface area contributed by atoms with Crippen LogP contribution < -0.4 is 0 Å². The van der Waals surface area contributed by atoms with E-state index < -0.39 is 6.10 Å². The second-order valence-electron chi connectivity index (χ2n) is 2.97. The quantitative estimate of drug-likeness (QED) is 0.481. The molecular weight excluding hydrogens is 166 g/mol. The minimum Gasteiger partial charge on any atom is -0.389 e. The lowest BCUT2D eigenvalue weighted by molar-refractivity contribution is -0.108. The van der Waals surface area contributed by atoms with E-state index in [1.54, 1.807) is 13.0 Å². The molecule has 0 fully saturated rings. The number of hydrogen-bond acceptors (Lipinski definition) is 3. The van der Waals surface area contributed by atoms with Crippen LogP contribution in [0.1, 0.15) is 20.8 Å². The number of rotatable bonds is 7. The Bertz CT molecular complexity index is 133. The van der Waals surface area contributed by atoms with Gasteiger partial charge in [0.25, 0.3) is 0 Å². The molecule has 0 spiro atoms. The summed E-state index contributed by atoms with van der Waals surface area (Å²) in [5.41, 5.74) is 0. The highest BCUT2D eigenvalue weighted by molar-refractivity contribution is 4.70. The van der Waals surface area contributed by atoms with Crippen molar-refractivity contribution in [3.05, 3.63) is 12.7 Å². The van der Waals surface area contributed by atoms with Crippen LogP contribution in [0.15, 0.2) is 12.7 Å². The molecule has 0 rings (SSSR count). The van der Waals surface area contributed by atoms with Crippen LogP contribution in [0.3, 0.4) is 0 Å². The summed E-state index contributed by atoms with van der Waals surface area (Å²) in [5, 5.41) is 9.47. The molecule has 3 heteroatoms. The third kappa shape index (κ3) is 4.41. The van der Waals surface area contributed by atoms with Gasteiger partial charge in [-0.25, -0.2) is 0 Å². The van der Waals surface area contributed by atoms with Crippen molar-refractivity contribution in [3.63, 3.8) is 0 Å².